The zero-order valence-electron chi connectivity index (χ0n) is 16.0. The van der Waals surface area contributed by atoms with Gasteiger partial charge in [-0.15, -0.1) is 0 Å². The second-order valence-corrected chi connectivity index (χ2v) is 7.19. The van der Waals surface area contributed by atoms with E-state index >= 15 is 0 Å². The highest BCUT2D eigenvalue weighted by atomic mass is 16.5. The number of hydrogen-bond donors (Lipinski definition) is 2. The van der Waals surface area contributed by atoms with Gasteiger partial charge in [-0.1, -0.05) is 36.8 Å². The number of nitrogens with one attached hydrogen (secondary N) is 2. The lowest BCUT2D eigenvalue weighted by atomic mass is 10.1. The van der Waals surface area contributed by atoms with Gasteiger partial charge in [0.05, 0.1) is 6.54 Å². The molecule has 0 unspecified atom stereocenters. The summed E-state index contributed by atoms with van der Waals surface area (Å²) in [7, 11) is 0. The fraction of sp³-hybridized carbons (Fsp3) is 0.348. The first-order chi connectivity index (χ1) is 13.8. The van der Waals surface area contributed by atoms with Gasteiger partial charge in [-0.05, 0) is 55.0 Å². The number of rotatable bonds is 6. The summed E-state index contributed by atoms with van der Waals surface area (Å²) in [6.45, 7) is 1.07. The molecule has 1 aliphatic rings. The topological polar surface area (TPSA) is 63.3 Å². The number of alkyl carbamates (subject to hydrolysis) is 1. The molecule has 0 saturated carbocycles. The Kier molecular flexibility index (Phi) is 5.80. The summed E-state index contributed by atoms with van der Waals surface area (Å²) in [5.41, 5.74) is 4.97. The van der Waals surface area contributed by atoms with Crippen LogP contribution < -0.4 is 10.1 Å². The van der Waals surface area contributed by atoms with E-state index in [2.05, 4.69) is 22.4 Å². The van der Waals surface area contributed by atoms with Crippen molar-refractivity contribution in [2.75, 3.05) is 13.2 Å². The second-order valence-electron chi connectivity index (χ2n) is 7.19. The van der Waals surface area contributed by atoms with Crippen LogP contribution in [0.4, 0.5) is 4.79 Å². The monoisotopic (exact) mass is 378 g/mol. The second kappa shape index (κ2) is 8.83. The van der Waals surface area contributed by atoms with Crippen LogP contribution in [0.3, 0.4) is 0 Å². The minimum atomic E-state index is -0.432. The minimum Gasteiger partial charge on any atom is -0.492 e. The third kappa shape index (κ3) is 4.47. The van der Waals surface area contributed by atoms with Crippen LogP contribution in [0.1, 0.15) is 36.1 Å². The van der Waals surface area contributed by atoms with Crippen molar-refractivity contribution in [1.29, 1.82) is 0 Å². The Balaban J connectivity index is 1.26. The van der Waals surface area contributed by atoms with E-state index in [9.17, 15) is 4.79 Å². The number of fused-ring (bicyclic) bond motifs is 3. The van der Waals surface area contributed by atoms with Crippen LogP contribution in [0, 0.1) is 0 Å². The van der Waals surface area contributed by atoms with Gasteiger partial charge in [0.1, 0.15) is 19.0 Å². The summed E-state index contributed by atoms with van der Waals surface area (Å²) < 4.78 is 11.0. The number of ether oxygens (including phenoxy) is 2. The Morgan fingerprint density at radius 1 is 1.04 bits per heavy atom. The van der Waals surface area contributed by atoms with Crippen LogP contribution in [-0.4, -0.2) is 24.2 Å². The number of amides is 1. The summed E-state index contributed by atoms with van der Waals surface area (Å²) in [6.07, 6.45) is 5.64. The van der Waals surface area contributed by atoms with Gasteiger partial charge in [0.15, 0.2) is 0 Å². The Bertz CT molecular complexity index is 934. The van der Waals surface area contributed by atoms with E-state index < -0.39 is 6.09 Å². The maximum Gasteiger partial charge on any atom is 0.407 e. The number of carbonyl (C=O) groups is 1. The minimum absolute atomic E-state index is 0.267. The van der Waals surface area contributed by atoms with Gasteiger partial charge in [-0.3, -0.25) is 0 Å². The molecule has 0 aliphatic heterocycles. The van der Waals surface area contributed by atoms with Crippen LogP contribution in [0.5, 0.6) is 5.75 Å². The van der Waals surface area contributed by atoms with Gasteiger partial charge in [0.2, 0.25) is 0 Å². The third-order valence-corrected chi connectivity index (χ3v) is 5.17. The largest absolute Gasteiger partial charge is 0.492 e. The lowest BCUT2D eigenvalue weighted by molar-refractivity contribution is 0.137. The highest BCUT2D eigenvalue weighted by Gasteiger charge is 2.14. The van der Waals surface area contributed by atoms with Crippen molar-refractivity contribution in [3.8, 4) is 5.75 Å². The molecular formula is C23H26N2O3. The van der Waals surface area contributed by atoms with Gasteiger partial charge in [0.25, 0.3) is 0 Å². The number of hydrogen-bond acceptors (Lipinski definition) is 3. The molecule has 2 aromatic carbocycles. The van der Waals surface area contributed by atoms with E-state index in [0.29, 0.717) is 13.2 Å². The lowest BCUT2D eigenvalue weighted by Crippen LogP contribution is -2.28. The zero-order chi connectivity index (χ0) is 19.2. The molecular weight excluding hydrogens is 352 g/mol. The summed E-state index contributed by atoms with van der Waals surface area (Å²) in [5, 5.41) is 3.99. The molecule has 4 rings (SSSR count). The van der Waals surface area contributed by atoms with Crippen molar-refractivity contribution in [1.82, 2.24) is 10.3 Å². The van der Waals surface area contributed by atoms with E-state index in [-0.39, 0.29) is 6.61 Å². The van der Waals surface area contributed by atoms with Gasteiger partial charge >= 0.3 is 6.09 Å². The number of aromatic amines is 1. The van der Waals surface area contributed by atoms with Gasteiger partial charge in [0, 0.05) is 16.6 Å². The molecule has 3 aromatic rings. The smallest absolute Gasteiger partial charge is 0.407 e. The average molecular weight is 378 g/mol. The summed E-state index contributed by atoms with van der Waals surface area (Å²) >= 11 is 0. The Hall–Kier alpha value is -2.95. The SMILES string of the molecule is O=C(NCCOc1ccc2[nH]c3c(c2c1)CCCCC3)OCc1ccccc1. The van der Waals surface area contributed by atoms with E-state index in [1.165, 1.54) is 41.4 Å². The van der Waals surface area contributed by atoms with Gasteiger partial charge in [-0.2, -0.15) is 0 Å². The average Bonchev–Trinajstić information content (AvgIpc) is 2.90. The fourth-order valence-corrected chi connectivity index (χ4v) is 3.75. The quantitative estimate of drug-likeness (QED) is 0.481. The molecule has 0 bridgehead atoms. The standard InChI is InChI=1S/C23H26N2O3/c26-23(28-16-17-7-3-1-4-8-17)24-13-14-27-18-11-12-22-20(15-18)19-9-5-2-6-10-21(19)25-22/h1,3-4,7-8,11-12,15,25H,2,5-6,9-10,13-14,16H2,(H,24,26). The number of H-pyrrole nitrogens is 1. The van der Waals surface area contributed by atoms with E-state index in [1.807, 2.05) is 36.4 Å². The van der Waals surface area contributed by atoms with Crippen molar-refractivity contribution in [3.05, 3.63) is 65.4 Å². The molecule has 0 spiro atoms. The first-order valence-corrected chi connectivity index (χ1v) is 10.0. The number of benzene rings is 2. The molecule has 5 heteroatoms. The van der Waals surface area contributed by atoms with Crippen LogP contribution >= 0.6 is 0 Å². The molecule has 5 nitrogen and oxygen atoms in total. The van der Waals surface area contributed by atoms with Crippen molar-refractivity contribution in [3.63, 3.8) is 0 Å². The van der Waals surface area contributed by atoms with E-state index in [4.69, 9.17) is 9.47 Å². The van der Waals surface area contributed by atoms with Gasteiger partial charge in [-0.25, -0.2) is 4.79 Å². The molecule has 0 radical (unpaired) electrons. The zero-order valence-corrected chi connectivity index (χ0v) is 16.0. The molecule has 1 amide bonds. The van der Waals surface area contributed by atoms with Crippen molar-refractivity contribution < 1.29 is 14.3 Å². The molecule has 28 heavy (non-hydrogen) atoms. The molecule has 146 valence electrons. The number of aromatic nitrogens is 1. The molecule has 1 aliphatic carbocycles. The fourth-order valence-electron chi connectivity index (χ4n) is 3.75. The number of aryl methyl sites for hydroxylation is 2. The van der Waals surface area contributed by atoms with Crippen LogP contribution in [0.15, 0.2) is 48.5 Å². The normalized spacial score (nSPS) is 13.6. The Morgan fingerprint density at radius 2 is 1.89 bits per heavy atom. The molecule has 2 N–H and O–H groups in total. The number of carbonyl (C=O) groups excluding carboxylic acids is 1. The summed E-state index contributed by atoms with van der Waals surface area (Å²) in [5.74, 6) is 0.831. The summed E-state index contributed by atoms with van der Waals surface area (Å²) in [6, 6.07) is 15.8. The van der Waals surface area contributed by atoms with Crippen LogP contribution in [0.25, 0.3) is 10.9 Å². The molecule has 0 fully saturated rings. The molecule has 0 atom stereocenters. The maximum absolute atomic E-state index is 11.8. The highest BCUT2D eigenvalue weighted by molar-refractivity contribution is 5.86. The van der Waals surface area contributed by atoms with E-state index in [0.717, 1.165) is 24.2 Å². The third-order valence-electron chi connectivity index (χ3n) is 5.17. The highest BCUT2D eigenvalue weighted by Crippen LogP contribution is 2.30. The Morgan fingerprint density at radius 3 is 2.79 bits per heavy atom. The predicted octanol–water partition coefficient (Wildman–Crippen LogP) is 4.74. The maximum atomic E-state index is 11.8. The lowest BCUT2D eigenvalue weighted by Gasteiger charge is -2.09. The van der Waals surface area contributed by atoms with Crippen molar-refractivity contribution >= 4 is 17.0 Å². The van der Waals surface area contributed by atoms with Gasteiger partial charge < -0.3 is 19.8 Å². The van der Waals surface area contributed by atoms with Crippen LogP contribution in [-0.2, 0) is 24.2 Å². The first kappa shape index (κ1) is 18.4. The predicted molar refractivity (Wildman–Crippen MR) is 110 cm³/mol. The molecule has 1 aromatic heterocycles. The Labute approximate surface area is 165 Å². The van der Waals surface area contributed by atoms with E-state index in [1.54, 1.807) is 0 Å². The first-order valence-electron chi connectivity index (χ1n) is 10.0. The molecule has 0 saturated heterocycles. The van der Waals surface area contributed by atoms with Crippen molar-refractivity contribution in [2.45, 2.75) is 38.7 Å². The van der Waals surface area contributed by atoms with Crippen molar-refractivity contribution in [2.24, 2.45) is 0 Å². The molecule has 1 heterocycles. The van der Waals surface area contributed by atoms with Crippen LogP contribution in [0.2, 0.25) is 0 Å². The summed E-state index contributed by atoms with van der Waals surface area (Å²) in [4.78, 5) is 15.3.